The highest BCUT2D eigenvalue weighted by molar-refractivity contribution is 5.94. The predicted molar refractivity (Wildman–Crippen MR) is 81.8 cm³/mol. The van der Waals surface area contributed by atoms with E-state index < -0.39 is 23.3 Å². The fourth-order valence-electron chi connectivity index (χ4n) is 3.12. The molecular formula is C16H19F3N4O2. The molecule has 9 heteroatoms. The smallest absolute Gasteiger partial charge is 0.361 e. The molecule has 1 aliphatic rings. The number of rotatable bonds is 3. The van der Waals surface area contributed by atoms with Crippen molar-refractivity contribution in [2.45, 2.75) is 52.8 Å². The van der Waals surface area contributed by atoms with Crippen LogP contribution in [0.15, 0.2) is 4.52 Å². The molecule has 2 N–H and O–H groups in total. The Hall–Kier alpha value is -2.32. The van der Waals surface area contributed by atoms with Crippen LogP contribution in [0.25, 0.3) is 0 Å². The van der Waals surface area contributed by atoms with Gasteiger partial charge in [-0.15, -0.1) is 0 Å². The van der Waals surface area contributed by atoms with E-state index in [9.17, 15) is 18.0 Å². The quantitative estimate of drug-likeness (QED) is 0.885. The zero-order valence-corrected chi connectivity index (χ0v) is 14.2. The van der Waals surface area contributed by atoms with Gasteiger partial charge < -0.3 is 9.84 Å². The third-order valence-corrected chi connectivity index (χ3v) is 4.50. The van der Waals surface area contributed by atoms with Crippen LogP contribution in [-0.4, -0.2) is 21.3 Å². The van der Waals surface area contributed by atoms with Gasteiger partial charge in [0.25, 0.3) is 5.91 Å². The Kier molecular flexibility index (Phi) is 4.12. The minimum atomic E-state index is -4.65. The van der Waals surface area contributed by atoms with Gasteiger partial charge in [0, 0.05) is 17.7 Å². The average molecular weight is 356 g/mol. The molecule has 0 atom stereocenters. The first-order valence-electron chi connectivity index (χ1n) is 7.95. The van der Waals surface area contributed by atoms with E-state index >= 15 is 0 Å². The summed E-state index contributed by atoms with van der Waals surface area (Å²) in [6.07, 6.45) is -2.16. The summed E-state index contributed by atoms with van der Waals surface area (Å²) in [4.78, 5) is 12.2. The van der Waals surface area contributed by atoms with Crippen molar-refractivity contribution >= 4 is 5.91 Å². The summed E-state index contributed by atoms with van der Waals surface area (Å²) < 4.78 is 44.5. The molecule has 1 amide bonds. The summed E-state index contributed by atoms with van der Waals surface area (Å²) in [6, 6.07) is 0. The average Bonchev–Trinajstić information content (AvgIpc) is 3.06. The zero-order chi connectivity index (χ0) is 18.4. The van der Waals surface area contributed by atoms with Gasteiger partial charge in [-0.25, -0.2) is 0 Å². The van der Waals surface area contributed by atoms with Gasteiger partial charge >= 0.3 is 6.18 Å². The van der Waals surface area contributed by atoms with Crippen LogP contribution < -0.4 is 5.32 Å². The number of aromatic amines is 1. The first kappa shape index (κ1) is 17.5. The van der Waals surface area contributed by atoms with Crippen molar-refractivity contribution in [3.05, 3.63) is 34.0 Å². The van der Waals surface area contributed by atoms with Gasteiger partial charge in [0.1, 0.15) is 17.0 Å². The molecule has 0 spiro atoms. The molecular weight excluding hydrogens is 337 g/mol. The SMILES string of the molecule is Cc1[nH]nc(C(=O)NCc2noc3c2CC(C)(C)CC3)c1C(F)(F)F. The van der Waals surface area contributed by atoms with Gasteiger partial charge in [-0.05, 0) is 25.2 Å². The molecule has 0 aliphatic heterocycles. The lowest BCUT2D eigenvalue weighted by molar-refractivity contribution is -0.138. The molecule has 0 bridgehead atoms. The number of carbonyl (C=O) groups excluding carboxylic acids is 1. The number of nitrogens with one attached hydrogen (secondary N) is 2. The van der Waals surface area contributed by atoms with Crippen LogP contribution in [0.4, 0.5) is 13.2 Å². The molecule has 136 valence electrons. The Labute approximate surface area is 142 Å². The van der Waals surface area contributed by atoms with E-state index in [1.807, 2.05) is 0 Å². The summed E-state index contributed by atoms with van der Waals surface area (Å²) >= 11 is 0. The topological polar surface area (TPSA) is 83.8 Å². The van der Waals surface area contributed by atoms with Gasteiger partial charge in [-0.3, -0.25) is 9.89 Å². The zero-order valence-electron chi connectivity index (χ0n) is 14.2. The Morgan fingerprint density at radius 3 is 2.80 bits per heavy atom. The fraction of sp³-hybridized carbons (Fsp3) is 0.562. The Morgan fingerprint density at radius 1 is 1.40 bits per heavy atom. The molecule has 0 fully saturated rings. The Bertz CT molecular complexity index is 805. The molecule has 0 unspecified atom stereocenters. The van der Waals surface area contributed by atoms with Gasteiger partial charge in [-0.1, -0.05) is 19.0 Å². The lowest BCUT2D eigenvalue weighted by Crippen LogP contribution is -2.28. The predicted octanol–water partition coefficient (Wildman–Crippen LogP) is 3.17. The Morgan fingerprint density at radius 2 is 2.12 bits per heavy atom. The van der Waals surface area contributed by atoms with Crippen LogP contribution in [-0.2, 0) is 25.6 Å². The van der Waals surface area contributed by atoms with E-state index in [0.29, 0.717) is 5.69 Å². The molecule has 2 aromatic heterocycles. The molecule has 0 aromatic carbocycles. The van der Waals surface area contributed by atoms with Crippen LogP contribution in [0.2, 0.25) is 0 Å². The van der Waals surface area contributed by atoms with E-state index in [2.05, 4.69) is 34.5 Å². The van der Waals surface area contributed by atoms with Gasteiger partial charge in [0.15, 0.2) is 5.69 Å². The minimum Gasteiger partial charge on any atom is -0.361 e. The maximum Gasteiger partial charge on any atom is 0.420 e. The second-order valence-corrected chi connectivity index (χ2v) is 7.12. The number of hydrogen-bond acceptors (Lipinski definition) is 4. The van der Waals surface area contributed by atoms with E-state index in [1.54, 1.807) is 0 Å². The van der Waals surface area contributed by atoms with Crippen molar-refractivity contribution in [2.75, 3.05) is 0 Å². The number of carbonyl (C=O) groups is 1. The van der Waals surface area contributed by atoms with Crippen LogP contribution in [0.3, 0.4) is 0 Å². The number of H-pyrrole nitrogens is 1. The number of nitrogens with zero attached hydrogens (tertiary/aromatic N) is 2. The molecule has 0 saturated heterocycles. The largest absolute Gasteiger partial charge is 0.420 e. The second kappa shape index (κ2) is 5.89. The van der Waals surface area contributed by atoms with Crippen molar-refractivity contribution < 1.29 is 22.5 Å². The third-order valence-electron chi connectivity index (χ3n) is 4.50. The third kappa shape index (κ3) is 3.40. The lowest BCUT2D eigenvalue weighted by Gasteiger charge is -2.28. The molecule has 1 aliphatic carbocycles. The van der Waals surface area contributed by atoms with E-state index in [-0.39, 0.29) is 17.7 Å². The molecule has 25 heavy (non-hydrogen) atoms. The Balaban J connectivity index is 1.76. The van der Waals surface area contributed by atoms with Gasteiger partial charge in [0.2, 0.25) is 0 Å². The van der Waals surface area contributed by atoms with E-state index in [0.717, 1.165) is 30.6 Å². The fourth-order valence-corrected chi connectivity index (χ4v) is 3.12. The summed E-state index contributed by atoms with van der Waals surface area (Å²) in [5, 5.41) is 12.1. The monoisotopic (exact) mass is 356 g/mol. The normalized spacial score (nSPS) is 16.6. The number of halogens is 3. The van der Waals surface area contributed by atoms with Crippen LogP contribution in [0.1, 0.15) is 59.0 Å². The number of amides is 1. The number of aromatic nitrogens is 3. The van der Waals surface area contributed by atoms with Crippen molar-refractivity contribution in [3.63, 3.8) is 0 Å². The van der Waals surface area contributed by atoms with Gasteiger partial charge in [0.05, 0.1) is 6.54 Å². The number of fused-ring (bicyclic) bond motifs is 1. The molecule has 3 rings (SSSR count). The summed E-state index contributed by atoms with van der Waals surface area (Å²) in [7, 11) is 0. The number of aryl methyl sites for hydroxylation is 2. The summed E-state index contributed by atoms with van der Waals surface area (Å²) in [5.74, 6) is -0.112. The molecule has 0 radical (unpaired) electrons. The lowest BCUT2D eigenvalue weighted by atomic mass is 9.76. The molecule has 2 heterocycles. The highest BCUT2D eigenvalue weighted by Crippen LogP contribution is 2.36. The first-order valence-corrected chi connectivity index (χ1v) is 7.95. The van der Waals surface area contributed by atoms with Crippen molar-refractivity contribution in [3.8, 4) is 0 Å². The van der Waals surface area contributed by atoms with Crippen LogP contribution in [0, 0.1) is 12.3 Å². The standard InChI is InChI=1S/C16H19F3N4O2/c1-8-12(16(17,18)19)13(22-21-8)14(24)20-7-10-9-6-15(2,3)5-4-11(9)25-23-10/h4-7H2,1-3H3,(H,20,24)(H,21,22). The van der Waals surface area contributed by atoms with Crippen LogP contribution >= 0.6 is 0 Å². The second-order valence-electron chi connectivity index (χ2n) is 7.12. The van der Waals surface area contributed by atoms with Crippen LogP contribution in [0.5, 0.6) is 0 Å². The highest BCUT2D eigenvalue weighted by Gasteiger charge is 2.39. The van der Waals surface area contributed by atoms with E-state index in [4.69, 9.17) is 4.52 Å². The van der Waals surface area contributed by atoms with Gasteiger partial charge in [-0.2, -0.15) is 18.3 Å². The maximum atomic E-state index is 13.1. The number of hydrogen-bond donors (Lipinski definition) is 2. The minimum absolute atomic E-state index is 0.00302. The number of alkyl halides is 3. The highest BCUT2D eigenvalue weighted by atomic mass is 19.4. The van der Waals surface area contributed by atoms with Crippen molar-refractivity contribution in [1.29, 1.82) is 0 Å². The van der Waals surface area contributed by atoms with E-state index in [1.165, 1.54) is 6.92 Å². The van der Waals surface area contributed by atoms with Crippen molar-refractivity contribution in [2.24, 2.45) is 5.41 Å². The first-order chi connectivity index (χ1) is 11.6. The summed E-state index contributed by atoms with van der Waals surface area (Å²) in [5.41, 5.74) is -0.322. The molecule has 2 aromatic rings. The summed E-state index contributed by atoms with van der Waals surface area (Å²) in [6.45, 7) is 5.49. The maximum absolute atomic E-state index is 13.1. The van der Waals surface area contributed by atoms with Crippen molar-refractivity contribution in [1.82, 2.24) is 20.7 Å². The molecule has 6 nitrogen and oxygen atoms in total. The molecule has 0 saturated carbocycles.